The molecule has 0 spiro atoms. The highest BCUT2D eigenvalue weighted by Gasteiger charge is 2.12. The molecule has 2 heterocycles. The summed E-state index contributed by atoms with van der Waals surface area (Å²) in [4.78, 5) is 13.4. The normalized spacial score (nSPS) is 12.3. The zero-order chi connectivity index (χ0) is 17.1. The Bertz CT molecular complexity index is 839. The summed E-state index contributed by atoms with van der Waals surface area (Å²) in [5, 5.41) is 6.46. The SMILES string of the molecule is CC(N)CNc1nc(NCc2ccccc2N)c2ncn(C)c2n1. The molecule has 2 aromatic heterocycles. The minimum Gasteiger partial charge on any atom is -0.398 e. The van der Waals surface area contributed by atoms with Crippen molar-refractivity contribution in [3.8, 4) is 0 Å². The molecule has 8 nitrogen and oxygen atoms in total. The van der Waals surface area contributed by atoms with Gasteiger partial charge in [-0.25, -0.2) is 4.98 Å². The standard InChI is InChI=1S/C16H22N8/c1-10(17)7-20-16-22-14(13-15(23-16)24(2)9-21-13)19-8-11-5-3-4-6-12(11)18/h3-6,9-10H,7-8,17-18H2,1-2H3,(H2,19,20,22,23). The summed E-state index contributed by atoms with van der Waals surface area (Å²) in [6.45, 7) is 3.07. The van der Waals surface area contributed by atoms with Crippen LogP contribution in [0.2, 0.25) is 0 Å². The number of para-hydroxylation sites is 1. The maximum atomic E-state index is 5.99. The first-order chi connectivity index (χ1) is 11.5. The predicted molar refractivity (Wildman–Crippen MR) is 96.6 cm³/mol. The van der Waals surface area contributed by atoms with Crippen LogP contribution in [0, 0.1) is 0 Å². The van der Waals surface area contributed by atoms with Gasteiger partial charge in [-0.3, -0.25) is 0 Å². The Morgan fingerprint density at radius 2 is 2.00 bits per heavy atom. The minimum absolute atomic E-state index is 0.0105. The van der Waals surface area contributed by atoms with Crippen LogP contribution in [-0.4, -0.2) is 32.1 Å². The van der Waals surface area contributed by atoms with Crippen LogP contribution in [0.4, 0.5) is 17.5 Å². The van der Waals surface area contributed by atoms with Crippen LogP contribution in [0.5, 0.6) is 0 Å². The molecule has 1 unspecified atom stereocenters. The lowest BCUT2D eigenvalue weighted by atomic mass is 10.2. The summed E-state index contributed by atoms with van der Waals surface area (Å²) >= 11 is 0. The molecular formula is C16H22N8. The molecule has 8 heteroatoms. The summed E-state index contributed by atoms with van der Waals surface area (Å²) in [5.41, 5.74) is 15.0. The molecular weight excluding hydrogens is 304 g/mol. The highest BCUT2D eigenvalue weighted by Crippen LogP contribution is 2.21. The number of nitrogens with one attached hydrogen (secondary N) is 2. The van der Waals surface area contributed by atoms with Gasteiger partial charge in [0.25, 0.3) is 0 Å². The van der Waals surface area contributed by atoms with Gasteiger partial charge in [0.05, 0.1) is 6.33 Å². The largest absolute Gasteiger partial charge is 0.398 e. The quantitative estimate of drug-likeness (QED) is 0.504. The first kappa shape index (κ1) is 16.0. The van der Waals surface area contributed by atoms with Crippen LogP contribution >= 0.6 is 0 Å². The van der Waals surface area contributed by atoms with Crippen molar-refractivity contribution in [2.45, 2.75) is 19.5 Å². The molecule has 0 bridgehead atoms. The monoisotopic (exact) mass is 326 g/mol. The zero-order valence-electron chi connectivity index (χ0n) is 13.8. The molecule has 0 amide bonds. The van der Waals surface area contributed by atoms with Gasteiger partial charge < -0.3 is 26.7 Å². The molecule has 126 valence electrons. The fourth-order valence-corrected chi connectivity index (χ4v) is 2.34. The van der Waals surface area contributed by atoms with Gasteiger partial charge in [-0.05, 0) is 18.6 Å². The molecule has 0 aliphatic carbocycles. The van der Waals surface area contributed by atoms with Gasteiger partial charge in [-0.15, -0.1) is 0 Å². The van der Waals surface area contributed by atoms with E-state index in [0.717, 1.165) is 22.4 Å². The summed E-state index contributed by atoms with van der Waals surface area (Å²) in [6.07, 6.45) is 1.72. The molecule has 0 aliphatic rings. The Morgan fingerprint density at radius 1 is 1.21 bits per heavy atom. The molecule has 0 fully saturated rings. The summed E-state index contributed by atoms with van der Waals surface area (Å²) in [7, 11) is 1.90. The third-order valence-corrected chi connectivity index (χ3v) is 3.64. The number of nitrogen functional groups attached to an aromatic ring is 1. The van der Waals surface area contributed by atoms with Crippen LogP contribution in [0.15, 0.2) is 30.6 Å². The zero-order valence-corrected chi connectivity index (χ0v) is 13.8. The summed E-state index contributed by atoms with van der Waals surface area (Å²) in [5.74, 6) is 1.18. The number of aromatic nitrogens is 4. The molecule has 1 aromatic carbocycles. The number of aryl methyl sites for hydroxylation is 1. The molecule has 3 rings (SSSR count). The van der Waals surface area contributed by atoms with Gasteiger partial charge in [-0.1, -0.05) is 18.2 Å². The van der Waals surface area contributed by atoms with E-state index < -0.39 is 0 Å². The van der Waals surface area contributed by atoms with E-state index >= 15 is 0 Å². The number of anilines is 3. The van der Waals surface area contributed by atoms with E-state index in [1.165, 1.54) is 0 Å². The Balaban J connectivity index is 1.89. The second kappa shape index (κ2) is 6.71. The number of hydrogen-bond donors (Lipinski definition) is 4. The minimum atomic E-state index is 0.0105. The summed E-state index contributed by atoms with van der Waals surface area (Å²) < 4.78 is 1.86. The number of nitrogens with zero attached hydrogens (tertiary/aromatic N) is 4. The molecule has 24 heavy (non-hydrogen) atoms. The Hall–Kier alpha value is -2.87. The predicted octanol–water partition coefficient (Wildman–Crippen LogP) is 1.32. The number of rotatable bonds is 6. The van der Waals surface area contributed by atoms with Gasteiger partial charge in [0.1, 0.15) is 0 Å². The topological polar surface area (TPSA) is 120 Å². The van der Waals surface area contributed by atoms with E-state index in [1.807, 2.05) is 42.8 Å². The fraction of sp³-hybridized carbons (Fsp3) is 0.312. The lowest BCUT2D eigenvalue weighted by Crippen LogP contribution is -2.26. The van der Waals surface area contributed by atoms with E-state index in [9.17, 15) is 0 Å². The number of imidazole rings is 1. The lowest BCUT2D eigenvalue weighted by molar-refractivity contribution is 0.773. The second-order valence-corrected chi connectivity index (χ2v) is 5.83. The second-order valence-electron chi connectivity index (χ2n) is 5.83. The molecule has 6 N–H and O–H groups in total. The van der Waals surface area contributed by atoms with Crippen molar-refractivity contribution in [1.29, 1.82) is 0 Å². The smallest absolute Gasteiger partial charge is 0.226 e. The van der Waals surface area contributed by atoms with Crippen molar-refractivity contribution in [2.75, 3.05) is 22.9 Å². The number of benzene rings is 1. The van der Waals surface area contributed by atoms with Crippen LogP contribution in [0.1, 0.15) is 12.5 Å². The maximum Gasteiger partial charge on any atom is 0.226 e. The van der Waals surface area contributed by atoms with Crippen molar-refractivity contribution in [3.63, 3.8) is 0 Å². The van der Waals surface area contributed by atoms with Crippen molar-refractivity contribution in [3.05, 3.63) is 36.2 Å². The maximum absolute atomic E-state index is 5.99. The van der Waals surface area contributed by atoms with Crippen LogP contribution < -0.4 is 22.1 Å². The van der Waals surface area contributed by atoms with E-state index in [4.69, 9.17) is 11.5 Å². The first-order valence-corrected chi connectivity index (χ1v) is 7.80. The van der Waals surface area contributed by atoms with Gasteiger partial charge >= 0.3 is 0 Å². The van der Waals surface area contributed by atoms with E-state index in [2.05, 4.69) is 25.6 Å². The molecule has 0 radical (unpaired) electrons. The average Bonchev–Trinajstić information content (AvgIpc) is 2.93. The van der Waals surface area contributed by atoms with Crippen molar-refractivity contribution in [2.24, 2.45) is 12.8 Å². The number of nitrogens with two attached hydrogens (primary N) is 2. The Kier molecular flexibility index (Phi) is 4.48. The summed E-state index contributed by atoms with van der Waals surface area (Å²) in [6, 6.07) is 7.74. The number of fused-ring (bicyclic) bond motifs is 1. The number of hydrogen-bond acceptors (Lipinski definition) is 7. The average molecular weight is 326 g/mol. The van der Waals surface area contributed by atoms with Crippen LogP contribution in [0.3, 0.4) is 0 Å². The van der Waals surface area contributed by atoms with Gasteiger partial charge in [0.2, 0.25) is 5.95 Å². The van der Waals surface area contributed by atoms with Gasteiger partial charge in [0, 0.05) is 31.9 Å². The van der Waals surface area contributed by atoms with E-state index in [-0.39, 0.29) is 6.04 Å². The molecule has 1 atom stereocenters. The van der Waals surface area contributed by atoms with E-state index in [0.29, 0.717) is 24.9 Å². The fourth-order valence-electron chi connectivity index (χ4n) is 2.34. The van der Waals surface area contributed by atoms with Gasteiger partial charge in [0.15, 0.2) is 17.0 Å². The molecule has 0 saturated heterocycles. The molecule has 0 aliphatic heterocycles. The van der Waals surface area contributed by atoms with Crippen molar-refractivity contribution in [1.82, 2.24) is 19.5 Å². The van der Waals surface area contributed by atoms with Crippen molar-refractivity contribution < 1.29 is 0 Å². The molecule has 3 aromatic rings. The van der Waals surface area contributed by atoms with E-state index in [1.54, 1.807) is 6.33 Å². The third kappa shape index (κ3) is 3.38. The van der Waals surface area contributed by atoms with Crippen LogP contribution in [0.25, 0.3) is 11.2 Å². The molecule has 0 saturated carbocycles. The van der Waals surface area contributed by atoms with Crippen molar-refractivity contribution >= 4 is 28.6 Å². The van der Waals surface area contributed by atoms with Crippen LogP contribution in [-0.2, 0) is 13.6 Å². The highest BCUT2D eigenvalue weighted by molar-refractivity contribution is 5.84. The lowest BCUT2D eigenvalue weighted by Gasteiger charge is -2.12. The Morgan fingerprint density at radius 3 is 2.75 bits per heavy atom. The third-order valence-electron chi connectivity index (χ3n) is 3.64. The Labute approximate surface area is 140 Å². The first-order valence-electron chi connectivity index (χ1n) is 7.80. The van der Waals surface area contributed by atoms with Gasteiger partial charge in [-0.2, -0.15) is 9.97 Å². The highest BCUT2D eigenvalue weighted by atomic mass is 15.2.